The summed E-state index contributed by atoms with van der Waals surface area (Å²) in [6, 6.07) is 8.22. The summed E-state index contributed by atoms with van der Waals surface area (Å²) >= 11 is 6.23. The highest BCUT2D eigenvalue weighted by atomic mass is 35.5. The van der Waals surface area contributed by atoms with E-state index in [1.54, 1.807) is 0 Å². The summed E-state index contributed by atoms with van der Waals surface area (Å²) in [5.41, 5.74) is 1.95. The topological polar surface area (TPSA) is 12.0 Å². The minimum atomic E-state index is 0.204. The van der Waals surface area contributed by atoms with Gasteiger partial charge in [-0.2, -0.15) is 0 Å². The van der Waals surface area contributed by atoms with Gasteiger partial charge in [0.2, 0.25) is 0 Å². The average molecular weight is 252 g/mol. The maximum atomic E-state index is 6.23. The lowest BCUT2D eigenvalue weighted by Crippen LogP contribution is -2.40. The third-order valence-corrected chi connectivity index (χ3v) is 3.84. The van der Waals surface area contributed by atoms with Crippen LogP contribution in [0.15, 0.2) is 24.3 Å². The molecule has 0 unspecified atom stereocenters. The van der Waals surface area contributed by atoms with Gasteiger partial charge in [-0.15, -0.1) is 0 Å². The fourth-order valence-corrected chi connectivity index (χ4v) is 2.29. The SMILES string of the molecule is CC(C)(C)NCC1(Cc2ccccc2Cl)CC1. The quantitative estimate of drug-likeness (QED) is 0.851. The standard InChI is InChI=1S/C15H22ClN/c1-14(2,3)17-11-15(8-9-15)10-12-6-4-5-7-13(12)16/h4-7,17H,8-11H2,1-3H3. The van der Waals surface area contributed by atoms with Crippen LogP contribution < -0.4 is 5.32 Å². The maximum Gasteiger partial charge on any atom is 0.0438 e. The van der Waals surface area contributed by atoms with Gasteiger partial charge in [0, 0.05) is 17.1 Å². The minimum absolute atomic E-state index is 0.204. The number of rotatable bonds is 4. The number of benzene rings is 1. The van der Waals surface area contributed by atoms with Gasteiger partial charge in [-0.05, 0) is 57.1 Å². The van der Waals surface area contributed by atoms with Crippen LogP contribution in [0, 0.1) is 5.41 Å². The maximum absolute atomic E-state index is 6.23. The van der Waals surface area contributed by atoms with Gasteiger partial charge < -0.3 is 5.32 Å². The Bertz CT molecular complexity index is 388. The minimum Gasteiger partial charge on any atom is -0.312 e. The van der Waals surface area contributed by atoms with Crippen LogP contribution in [0.5, 0.6) is 0 Å². The van der Waals surface area contributed by atoms with E-state index < -0.39 is 0 Å². The smallest absolute Gasteiger partial charge is 0.0438 e. The third-order valence-electron chi connectivity index (χ3n) is 3.47. The molecule has 0 heterocycles. The zero-order chi connectivity index (χ0) is 12.5. The lowest BCUT2D eigenvalue weighted by Gasteiger charge is -2.25. The monoisotopic (exact) mass is 251 g/mol. The van der Waals surface area contributed by atoms with E-state index in [-0.39, 0.29) is 5.54 Å². The van der Waals surface area contributed by atoms with Gasteiger partial charge in [0.1, 0.15) is 0 Å². The van der Waals surface area contributed by atoms with Crippen molar-refractivity contribution in [2.75, 3.05) is 6.54 Å². The van der Waals surface area contributed by atoms with Gasteiger partial charge in [-0.1, -0.05) is 29.8 Å². The first-order valence-electron chi connectivity index (χ1n) is 6.39. The van der Waals surface area contributed by atoms with Crippen LogP contribution in [0.2, 0.25) is 5.02 Å². The van der Waals surface area contributed by atoms with Crippen LogP contribution in [0.3, 0.4) is 0 Å². The molecule has 0 saturated heterocycles. The van der Waals surface area contributed by atoms with Crippen molar-refractivity contribution in [1.29, 1.82) is 0 Å². The van der Waals surface area contributed by atoms with E-state index in [1.807, 2.05) is 12.1 Å². The summed E-state index contributed by atoms with van der Waals surface area (Å²) in [4.78, 5) is 0. The summed E-state index contributed by atoms with van der Waals surface area (Å²) in [5, 5.41) is 4.53. The largest absolute Gasteiger partial charge is 0.312 e. The highest BCUT2D eigenvalue weighted by molar-refractivity contribution is 6.31. The van der Waals surface area contributed by atoms with Crippen LogP contribution in [0.4, 0.5) is 0 Å². The van der Waals surface area contributed by atoms with Crippen LogP contribution in [0.25, 0.3) is 0 Å². The molecule has 2 rings (SSSR count). The molecule has 0 bridgehead atoms. The van der Waals surface area contributed by atoms with Crippen molar-refractivity contribution in [3.8, 4) is 0 Å². The van der Waals surface area contributed by atoms with Gasteiger partial charge >= 0.3 is 0 Å². The Hall–Kier alpha value is -0.530. The van der Waals surface area contributed by atoms with Gasteiger partial charge in [-0.25, -0.2) is 0 Å². The molecule has 0 radical (unpaired) electrons. The van der Waals surface area contributed by atoms with Crippen LogP contribution in [-0.2, 0) is 6.42 Å². The Balaban J connectivity index is 1.97. The summed E-state index contributed by atoms with van der Waals surface area (Å²) in [5.74, 6) is 0. The Kier molecular flexibility index (Phi) is 3.51. The zero-order valence-corrected chi connectivity index (χ0v) is 11.8. The Morgan fingerprint density at radius 2 is 1.88 bits per heavy atom. The van der Waals surface area contributed by atoms with Crippen molar-refractivity contribution in [3.63, 3.8) is 0 Å². The molecule has 1 fully saturated rings. The highest BCUT2D eigenvalue weighted by Gasteiger charge is 2.42. The number of hydrogen-bond acceptors (Lipinski definition) is 1. The van der Waals surface area contributed by atoms with Crippen molar-refractivity contribution in [1.82, 2.24) is 5.32 Å². The average Bonchev–Trinajstić information content (AvgIpc) is 2.99. The lowest BCUT2D eigenvalue weighted by atomic mass is 9.95. The fourth-order valence-electron chi connectivity index (χ4n) is 2.09. The lowest BCUT2D eigenvalue weighted by molar-refractivity contribution is 0.356. The molecule has 0 aliphatic heterocycles. The second-order valence-corrected chi connectivity index (χ2v) is 6.78. The van der Waals surface area contributed by atoms with Gasteiger partial charge in [0.05, 0.1) is 0 Å². The van der Waals surface area contributed by atoms with Gasteiger partial charge in [0.15, 0.2) is 0 Å². The van der Waals surface area contributed by atoms with E-state index in [0.717, 1.165) is 18.0 Å². The second-order valence-electron chi connectivity index (χ2n) is 6.37. The number of hydrogen-bond donors (Lipinski definition) is 1. The zero-order valence-electron chi connectivity index (χ0n) is 11.0. The van der Waals surface area contributed by atoms with E-state index in [0.29, 0.717) is 5.41 Å². The van der Waals surface area contributed by atoms with Gasteiger partial charge in [-0.3, -0.25) is 0 Å². The van der Waals surface area contributed by atoms with Crippen LogP contribution >= 0.6 is 11.6 Å². The van der Waals surface area contributed by atoms with Crippen molar-refractivity contribution in [3.05, 3.63) is 34.9 Å². The molecule has 0 amide bonds. The number of halogens is 1. The van der Waals surface area contributed by atoms with E-state index in [4.69, 9.17) is 11.6 Å². The first kappa shape index (κ1) is 12.9. The van der Waals surface area contributed by atoms with Crippen molar-refractivity contribution >= 4 is 11.6 Å². The van der Waals surface area contributed by atoms with E-state index in [1.165, 1.54) is 18.4 Å². The molecule has 1 nitrogen and oxygen atoms in total. The van der Waals surface area contributed by atoms with Crippen molar-refractivity contribution < 1.29 is 0 Å². The summed E-state index contributed by atoms with van der Waals surface area (Å²) in [6.07, 6.45) is 3.75. The molecule has 1 aliphatic carbocycles. The summed E-state index contributed by atoms with van der Waals surface area (Å²) in [7, 11) is 0. The van der Waals surface area contributed by atoms with E-state index >= 15 is 0 Å². The molecule has 0 spiro atoms. The Morgan fingerprint density at radius 3 is 2.41 bits per heavy atom. The second kappa shape index (κ2) is 4.62. The molecule has 1 aromatic rings. The number of nitrogens with one attached hydrogen (secondary N) is 1. The molecule has 2 heteroatoms. The first-order chi connectivity index (χ1) is 7.90. The van der Waals surface area contributed by atoms with Crippen molar-refractivity contribution in [2.45, 2.75) is 45.6 Å². The molecule has 0 aromatic heterocycles. The fraction of sp³-hybridized carbons (Fsp3) is 0.600. The van der Waals surface area contributed by atoms with Crippen LogP contribution in [-0.4, -0.2) is 12.1 Å². The molecule has 94 valence electrons. The van der Waals surface area contributed by atoms with E-state index in [2.05, 4.69) is 38.2 Å². The van der Waals surface area contributed by atoms with Gasteiger partial charge in [0.25, 0.3) is 0 Å². The third kappa shape index (κ3) is 3.72. The predicted molar refractivity (Wildman–Crippen MR) is 74.6 cm³/mol. The van der Waals surface area contributed by atoms with E-state index in [9.17, 15) is 0 Å². The molecular formula is C15H22ClN. The molecule has 0 atom stereocenters. The predicted octanol–water partition coefficient (Wildman–Crippen LogP) is 4.05. The molecular weight excluding hydrogens is 230 g/mol. The summed E-state index contributed by atoms with van der Waals surface area (Å²) < 4.78 is 0. The molecule has 17 heavy (non-hydrogen) atoms. The Morgan fingerprint density at radius 1 is 1.24 bits per heavy atom. The Labute approximate surface area is 110 Å². The first-order valence-corrected chi connectivity index (χ1v) is 6.77. The molecule has 1 saturated carbocycles. The van der Waals surface area contributed by atoms with Crippen molar-refractivity contribution in [2.24, 2.45) is 5.41 Å². The molecule has 1 N–H and O–H groups in total. The summed E-state index contributed by atoms with van der Waals surface area (Å²) in [6.45, 7) is 7.76. The van der Waals surface area contributed by atoms with Crippen LogP contribution in [0.1, 0.15) is 39.2 Å². The molecule has 1 aliphatic rings. The highest BCUT2D eigenvalue weighted by Crippen LogP contribution is 2.48. The molecule has 1 aromatic carbocycles. The normalized spacial score (nSPS) is 18.1.